The summed E-state index contributed by atoms with van der Waals surface area (Å²) >= 11 is 0. The van der Waals surface area contributed by atoms with E-state index in [1.54, 1.807) is 0 Å². The van der Waals surface area contributed by atoms with Gasteiger partial charge in [-0.2, -0.15) is 0 Å². The molecule has 33 heavy (non-hydrogen) atoms. The van der Waals surface area contributed by atoms with Crippen LogP contribution < -0.4 is 10.2 Å². The molecule has 0 aromatic heterocycles. The van der Waals surface area contributed by atoms with Crippen LogP contribution in [0, 0.1) is 0 Å². The molecule has 3 heteroatoms. The van der Waals surface area contributed by atoms with Gasteiger partial charge < -0.3 is 10.0 Å². The van der Waals surface area contributed by atoms with Crippen LogP contribution in [0.25, 0.3) is 0 Å². The monoisotopic (exact) mass is 469 g/mol. The fraction of sp³-hybridized carbons (Fsp3) is 0.600. The topological polar surface area (TPSA) is 23.5 Å². The first kappa shape index (κ1) is 27.7. The van der Waals surface area contributed by atoms with Crippen molar-refractivity contribution in [1.29, 1.82) is 0 Å². The minimum atomic E-state index is -0.117. The molecule has 0 amide bonds. The van der Waals surface area contributed by atoms with Gasteiger partial charge in [0.25, 0.3) is 0 Å². The summed E-state index contributed by atoms with van der Waals surface area (Å²) in [5.41, 5.74) is 4.74. The fourth-order valence-electron chi connectivity index (χ4n) is 4.63. The number of benzene rings is 2. The highest BCUT2D eigenvalue weighted by Gasteiger charge is 2.37. The molecule has 0 saturated carbocycles. The average molecular weight is 470 g/mol. The molecule has 0 radical (unpaired) electrons. The molecule has 2 unspecified atom stereocenters. The third kappa shape index (κ3) is 6.54. The van der Waals surface area contributed by atoms with E-state index in [4.69, 9.17) is 0 Å². The predicted molar refractivity (Wildman–Crippen MR) is 150 cm³/mol. The van der Waals surface area contributed by atoms with E-state index < -0.39 is 0 Å². The molecule has 0 aliphatic heterocycles. The SMILES string of the molecule is CCCCCC(CC)(Pc1ccccc1N(C)C)c1cc(C(C)(C)C)cc(C(C)(C)C)c1O. The Labute approximate surface area is 206 Å². The van der Waals surface area contributed by atoms with E-state index in [0.29, 0.717) is 14.3 Å². The van der Waals surface area contributed by atoms with E-state index in [9.17, 15) is 5.11 Å². The van der Waals surface area contributed by atoms with Crippen molar-refractivity contribution < 1.29 is 5.11 Å². The lowest BCUT2D eigenvalue weighted by molar-refractivity contribution is 0.415. The van der Waals surface area contributed by atoms with Gasteiger partial charge in [0.15, 0.2) is 0 Å². The van der Waals surface area contributed by atoms with Gasteiger partial charge in [-0.15, -0.1) is 0 Å². The largest absolute Gasteiger partial charge is 0.507 e. The number of phenols is 1. The van der Waals surface area contributed by atoms with Gasteiger partial charge in [-0.1, -0.05) is 114 Å². The summed E-state index contributed by atoms with van der Waals surface area (Å²) in [6, 6.07) is 13.4. The molecule has 2 aromatic carbocycles. The number of unbranched alkanes of at least 4 members (excludes halogenated alkanes) is 2. The van der Waals surface area contributed by atoms with Crippen molar-refractivity contribution >= 4 is 19.6 Å². The highest BCUT2D eigenvalue weighted by Crippen LogP contribution is 2.54. The second-order valence-corrected chi connectivity index (χ2v) is 13.6. The number of anilines is 1. The number of phenolic OH excluding ortho intramolecular Hbond substituents is 1. The molecule has 0 aliphatic rings. The Morgan fingerprint density at radius 1 is 0.848 bits per heavy atom. The maximum absolute atomic E-state index is 11.8. The molecular formula is C30H48NOP. The molecule has 0 heterocycles. The summed E-state index contributed by atoms with van der Waals surface area (Å²) in [4.78, 5) is 2.22. The smallest absolute Gasteiger partial charge is 0.123 e. The highest BCUT2D eigenvalue weighted by molar-refractivity contribution is 7.49. The molecule has 2 nitrogen and oxygen atoms in total. The number of hydrogen-bond acceptors (Lipinski definition) is 2. The third-order valence-electron chi connectivity index (χ3n) is 6.87. The molecule has 2 rings (SSSR count). The molecule has 1 N–H and O–H groups in total. The van der Waals surface area contributed by atoms with Gasteiger partial charge in [0, 0.05) is 30.5 Å². The second kappa shape index (κ2) is 10.8. The normalized spacial score (nSPS) is 14.6. The van der Waals surface area contributed by atoms with Crippen LogP contribution in [-0.2, 0) is 16.0 Å². The van der Waals surface area contributed by atoms with Crippen LogP contribution in [0.1, 0.15) is 104 Å². The molecule has 0 saturated heterocycles. The lowest BCUT2D eigenvalue weighted by Crippen LogP contribution is -2.27. The lowest BCUT2D eigenvalue weighted by Gasteiger charge is -2.38. The first-order valence-corrected chi connectivity index (χ1v) is 13.7. The van der Waals surface area contributed by atoms with Crippen LogP contribution in [-0.4, -0.2) is 19.2 Å². The van der Waals surface area contributed by atoms with Crippen molar-refractivity contribution in [3.63, 3.8) is 0 Å². The first-order valence-electron chi connectivity index (χ1n) is 12.7. The van der Waals surface area contributed by atoms with Crippen molar-refractivity contribution in [2.75, 3.05) is 19.0 Å². The molecule has 184 valence electrons. The number of nitrogens with zero attached hydrogens (tertiary/aromatic N) is 1. The first-order chi connectivity index (χ1) is 15.3. The average Bonchev–Trinajstić information content (AvgIpc) is 2.72. The summed E-state index contributed by atoms with van der Waals surface area (Å²) in [7, 11) is 4.86. The van der Waals surface area contributed by atoms with Gasteiger partial charge in [0.2, 0.25) is 0 Å². The number of rotatable bonds is 9. The van der Waals surface area contributed by atoms with Crippen LogP contribution in [0.15, 0.2) is 36.4 Å². The maximum Gasteiger partial charge on any atom is 0.123 e. The van der Waals surface area contributed by atoms with Gasteiger partial charge in [-0.3, -0.25) is 0 Å². The summed E-state index contributed by atoms with van der Waals surface area (Å²) in [5.74, 6) is 0.517. The van der Waals surface area contributed by atoms with Crippen LogP contribution in [0.3, 0.4) is 0 Å². The predicted octanol–water partition coefficient (Wildman–Crippen LogP) is 8.24. The van der Waals surface area contributed by atoms with E-state index in [1.165, 1.54) is 35.8 Å². The Morgan fingerprint density at radius 3 is 1.97 bits per heavy atom. The van der Waals surface area contributed by atoms with Gasteiger partial charge in [-0.05, 0) is 46.2 Å². The number of aromatic hydroxyl groups is 1. The number of para-hydroxylation sites is 1. The minimum Gasteiger partial charge on any atom is -0.507 e. The lowest BCUT2D eigenvalue weighted by atomic mass is 9.76. The zero-order chi connectivity index (χ0) is 25.0. The maximum atomic E-state index is 11.8. The Bertz CT molecular complexity index is 920. The van der Waals surface area contributed by atoms with Gasteiger partial charge in [0.1, 0.15) is 5.75 Å². The summed E-state index contributed by atoms with van der Waals surface area (Å²) in [6.45, 7) is 18.1. The quantitative estimate of drug-likeness (QED) is 0.295. The summed E-state index contributed by atoms with van der Waals surface area (Å²) in [6.07, 6.45) is 5.74. The Morgan fingerprint density at radius 2 is 1.45 bits per heavy atom. The molecule has 2 aromatic rings. The van der Waals surface area contributed by atoms with E-state index in [-0.39, 0.29) is 16.0 Å². The van der Waals surface area contributed by atoms with Crippen LogP contribution in [0.5, 0.6) is 5.75 Å². The van der Waals surface area contributed by atoms with Gasteiger partial charge in [-0.25, -0.2) is 0 Å². The minimum absolute atomic E-state index is 0.0238. The summed E-state index contributed by atoms with van der Waals surface area (Å²) in [5, 5.41) is 13.1. The van der Waals surface area contributed by atoms with Gasteiger partial charge in [0.05, 0.1) is 0 Å². The Hall–Kier alpha value is -1.53. The molecule has 2 atom stereocenters. The van der Waals surface area contributed by atoms with E-state index >= 15 is 0 Å². The molecule has 0 fully saturated rings. The van der Waals surface area contributed by atoms with Crippen molar-refractivity contribution in [3.05, 3.63) is 53.1 Å². The second-order valence-electron chi connectivity index (χ2n) is 11.8. The fourth-order valence-corrected chi connectivity index (χ4v) is 6.56. The van der Waals surface area contributed by atoms with Crippen molar-refractivity contribution in [1.82, 2.24) is 0 Å². The van der Waals surface area contributed by atoms with Crippen LogP contribution in [0.2, 0.25) is 0 Å². The van der Waals surface area contributed by atoms with Crippen molar-refractivity contribution in [2.24, 2.45) is 0 Å². The Kier molecular flexibility index (Phi) is 9.08. The van der Waals surface area contributed by atoms with Crippen molar-refractivity contribution in [2.45, 2.75) is 103 Å². The standard InChI is InChI=1S/C30H48NOP/c1-11-13-16-19-30(12-2,33-26-18-15-14-17-25(26)31(9)10)24-21-22(28(3,4)5)20-23(27(24)32)29(6,7)8/h14-15,17-18,20-21,32-33H,11-13,16,19H2,1-10H3. The van der Waals surface area contributed by atoms with Crippen LogP contribution >= 0.6 is 8.58 Å². The van der Waals surface area contributed by atoms with Crippen molar-refractivity contribution in [3.8, 4) is 5.75 Å². The van der Waals surface area contributed by atoms with E-state index in [2.05, 4.69) is 111 Å². The Balaban J connectivity index is 2.81. The molecule has 0 spiro atoms. The summed E-state index contributed by atoms with van der Waals surface area (Å²) < 4.78 is 0. The molecular weight excluding hydrogens is 421 g/mol. The zero-order valence-electron chi connectivity index (χ0n) is 22.9. The van der Waals surface area contributed by atoms with Gasteiger partial charge >= 0.3 is 0 Å². The van der Waals surface area contributed by atoms with E-state index in [0.717, 1.165) is 24.0 Å². The van der Waals surface area contributed by atoms with Crippen LogP contribution in [0.4, 0.5) is 5.69 Å². The van der Waals surface area contributed by atoms with E-state index in [1.807, 2.05) is 0 Å². The molecule has 0 bridgehead atoms. The number of hydrogen-bond donors (Lipinski definition) is 1. The third-order valence-corrected chi connectivity index (χ3v) is 8.91. The highest BCUT2D eigenvalue weighted by atomic mass is 31.1. The molecule has 0 aliphatic carbocycles. The zero-order valence-corrected chi connectivity index (χ0v) is 23.9.